The van der Waals surface area contributed by atoms with Crippen molar-refractivity contribution in [2.45, 2.75) is 77.3 Å². The normalized spacial score (nSPS) is 19.3. The van der Waals surface area contributed by atoms with Gasteiger partial charge in [0.1, 0.15) is 12.4 Å². The second-order valence-electron chi connectivity index (χ2n) is 14.9. The third-order valence-corrected chi connectivity index (χ3v) is 10.9. The molecule has 1 aliphatic carbocycles. The van der Waals surface area contributed by atoms with Crippen molar-refractivity contribution >= 4 is 27.6 Å². The van der Waals surface area contributed by atoms with Crippen molar-refractivity contribution < 1.29 is 22.7 Å². The Morgan fingerprint density at radius 1 is 0.980 bits per heavy atom. The molecule has 3 aliphatic rings. The molecule has 2 aromatic carbocycles. The average Bonchev–Trinajstić information content (AvgIpc) is 3.95. The topological polar surface area (TPSA) is 140 Å². The molecule has 12 nitrogen and oxygen atoms in total. The lowest BCUT2D eigenvalue weighted by molar-refractivity contribution is 0.0504. The van der Waals surface area contributed by atoms with Crippen LogP contribution in [-0.2, 0) is 21.3 Å². The predicted molar refractivity (Wildman–Crippen MR) is 194 cm³/mol. The van der Waals surface area contributed by atoms with Crippen LogP contribution in [0.15, 0.2) is 59.8 Å². The highest BCUT2D eigenvalue weighted by Gasteiger charge is 2.33. The van der Waals surface area contributed by atoms with Gasteiger partial charge >= 0.3 is 0 Å². The Bertz CT molecular complexity index is 2040. The molecule has 1 N–H and O–H groups in total. The van der Waals surface area contributed by atoms with Gasteiger partial charge in [0.25, 0.3) is 15.9 Å². The highest BCUT2D eigenvalue weighted by atomic mass is 32.2. The number of hydrogen-bond acceptors (Lipinski definition) is 10. The van der Waals surface area contributed by atoms with Gasteiger partial charge in [0, 0.05) is 29.8 Å². The number of anilines is 2. The number of ether oxygens (including phenoxy) is 2. The second-order valence-corrected chi connectivity index (χ2v) is 16.6. The minimum atomic E-state index is -4.19. The van der Waals surface area contributed by atoms with Crippen LogP contribution in [0.1, 0.15) is 78.8 Å². The highest BCUT2D eigenvalue weighted by Crippen LogP contribution is 2.46. The van der Waals surface area contributed by atoms with Crippen LogP contribution in [0.3, 0.4) is 0 Å². The number of fused-ring (bicyclic) bond motifs is 4. The number of nitrogens with zero attached hydrogens (tertiary/aromatic N) is 6. The minimum Gasteiger partial charge on any atom is -0.475 e. The molecule has 2 aliphatic heterocycles. The first-order valence-electron chi connectivity index (χ1n) is 17.5. The Balaban J connectivity index is 1.33. The molecular formula is C38H45N7O5S. The van der Waals surface area contributed by atoms with Crippen molar-refractivity contribution in [1.29, 1.82) is 0 Å². The van der Waals surface area contributed by atoms with Crippen LogP contribution in [-0.4, -0.2) is 78.1 Å². The van der Waals surface area contributed by atoms with E-state index >= 15 is 0 Å². The summed E-state index contributed by atoms with van der Waals surface area (Å²) in [5.41, 5.74) is 5.41. The number of aromatic nitrogens is 4. The molecule has 7 rings (SSSR count). The molecule has 1 saturated heterocycles. The van der Waals surface area contributed by atoms with Crippen LogP contribution in [0.4, 0.5) is 11.6 Å². The number of rotatable bonds is 6. The fourth-order valence-electron chi connectivity index (χ4n) is 6.89. The Kier molecular flexibility index (Phi) is 9.44. The third kappa shape index (κ3) is 7.69. The van der Waals surface area contributed by atoms with Crippen molar-refractivity contribution in [2.24, 2.45) is 5.41 Å². The monoisotopic (exact) mass is 711 g/mol. The number of amides is 1. The zero-order valence-electron chi connectivity index (χ0n) is 29.8. The van der Waals surface area contributed by atoms with Gasteiger partial charge in [-0.25, -0.2) is 28.1 Å². The number of sulfonamides is 1. The van der Waals surface area contributed by atoms with E-state index in [0.29, 0.717) is 42.6 Å². The Hall–Kier alpha value is -4.62. The molecule has 1 atom stereocenters. The maximum atomic E-state index is 14.5. The zero-order valence-corrected chi connectivity index (χ0v) is 30.7. The molecular weight excluding hydrogens is 667 g/mol. The van der Waals surface area contributed by atoms with Gasteiger partial charge in [0.05, 0.1) is 54.5 Å². The van der Waals surface area contributed by atoms with Crippen molar-refractivity contribution in [2.75, 3.05) is 42.5 Å². The number of aryl methyl sites for hydroxylation is 1. The summed E-state index contributed by atoms with van der Waals surface area (Å²) in [5.74, 6) is 0.699. The van der Waals surface area contributed by atoms with Crippen LogP contribution in [0.2, 0.25) is 0 Å². The van der Waals surface area contributed by atoms with E-state index in [4.69, 9.17) is 14.5 Å². The molecule has 268 valence electrons. The highest BCUT2D eigenvalue weighted by molar-refractivity contribution is 7.92. The number of morpholine rings is 1. The fraction of sp³-hybridized carbons (Fsp3) is 0.447. The molecule has 1 amide bonds. The number of hydrogen-bond donors (Lipinski definition) is 1. The van der Waals surface area contributed by atoms with E-state index in [0.717, 1.165) is 42.7 Å². The van der Waals surface area contributed by atoms with Crippen molar-refractivity contribution in [3.05, 3.63) is 82.9 Å². The summed E-state index contributed by atoms with van der Waals surface area (Å²) in [7, 11) is -4.19. The Labute approximate surface area is 299 Å². The average molecular weight is 712 g/mol. The van der Waals surface area contributed by atoms with Gasteiger partial charge in [-0.05, 0) is 73.8 Å². The molecule has 4 heterocycles. The van der Waals surface area contributed by atoms with E-state index in [1.54, 1.807) is 29.4 Å². The lowest BCUT2D eigenvalue weighted by atomic mass is 9.87. The van der Waals surface area contributed by atoms with Crippen molar-refractivity contribution in [3.8, 4) is 17.1 Å². The van der Waals surface area contributed by atoms with Gasteiger partial charge in [-0.2, -0.15) is 4.98 Å². The zero-order chi connectivity index (χ0) is 35.9. The second kappa shape index (κ2) is 13.8. The van der Waals surface area contributed by atoms with Crippen LogP contribution in [0, 0.1) is 19.3 Å². The largest absolute Gasteiger partial charge is 0.475 e. The number of nitrogens with one attached hydrogen (secondary N) is 1. The summed E-state index contributed by atoms with van der Waals surface area (Å²) in [6.07, 6.45) is 6.33. The fourth-order valence-corrected chi connectivity index (χ4v) is 7.88. The minimum absolute atomic E-state index is 0.0752. The van der Waals surface area contributed by atoms with Crippen LogP contribution < -0.4 is 14.4 Å². The lowest BCUT2D eigenvalue weighted by Crippen LogP contribution is -2.45. The third-order valence-electron chi connectivity index (χ3n) is 9.62. The molecule has 2 aromatic heterocycles. The van der Waals surface area contributed by atoms with Gasteiger partial charge in [0.15, 0.2) is 0 Å². The van der Waals surface area contributed by atoms with Crippen molar-refractivity contribution in [3.63, 3.8) is 0 Å². The standard InChI is InChI=1S/C38H45N7O5S/c1-24-8-6-11-31(26-12-13-26)33(24)34-25(2)35-42-37(41-34)43-51(47,48)30-10-7-9-27(18-30)36(46)45(28(23-50-35)19-38(3,4)5)22-32-39-20-29(21-40-32)44-14-16-49-17-15-44/h6-11,18,20-21,26,28H,12-17,19,22-23H2,1-5H3,(H,41,42,43)/t28-/m1/s1. The molecule has 0 unspecified atom stereocenters. The maximum absolute atomic E-state index is 14.5. The number of carbonyl (C=O) groups excluding carboxylic acids is 1. The quantitative estimate of drug-likeness (QED) is 0.257. The van der Waals surface area contributed by atoms with E-state index in [1.165, 1.54) is 17.7 Å². The van der Waals surface area contributed by atoms with E-state index < -0.39 is 16.1 Å². The lowest BCUT2D eigenvalue weighted by Gasteiger charge is -2.35. The molecule has 2 fully saturated rings. The van der Waals surface area contributed by atoms with Gasteiger partial charge in [0.2, 0.25) is 11.8 Å². The van der Waals surface area contributed by atoms with Crippen LogP contribution in [0.25, 0.3) is 11.3 Å². The summed E-state index contributed by atoms with van der Waals surface area (Å²) in [5, 5.41) is 0. The Morgan fingerprint density at radius 3 is 2.41 bits per heavy atom. The Morgan fingerprint density at radius 2 is 1.71 bits per heavy atom. The summed E-state index contributed by atoms with van der Waals surface area (Å²) >= 11 is 0. The molecule has 0 spiro atoms. The van der Waals surface area contributed by atoms with Gasteiger partial charge in [-0.15, -0.1) is 0 Å². The first kappa shape index (κ1) is 34.8. The van der Waals surface area contributed by atoms with E-state index in [-0.39, 0.29) is 46.8 Å². The predicted octanol–water partition coefficient (Wildman–Crippen LogP) is 5.90. The summed E-state index contributed by atoms with van der Waals surface area (Å²) in [4.78, 5) is 37.1. The van der Waals surface area contributed by atoms with Gasteiger partial charge in [-0.3, -0.25) is 4.79 Å². The smallest absolute Gasteiger partial charge is 0.264 e. The van der Waals surface area contributed by atoms with E-state index in [2.05, 4.69) is 57.5 Å². The number of benzene rings is 2. The van der Waals surface area contributed by atoms with E-state index in [9.17, 15) is 13.2 Å². The summed E-state index contributed by atoms with van der Waals surface area (Å²) < 4.78 is 42.4. The van der Waals surface area contributed by atoms with Crippen LogP contribution in [0.5, 0.6) is 5.88 Å². The van der Waals surface area contributed by atoms with Gasteiger partial charge in [-0.1, -0.05) is 45.0 Å². The SMILES string of the molecule is Cc1cccc(C2CC2)c1-c1nc2nc(c1C)OC[C@@H](CC(C)(C)C)N(Cc1ncc(N3CCOCC3)cn1)C(=O)c1cccc(c1)S(=O)(=O)N2. The summed E-state index contributed by atoms with van der Waals surface area (Å²) in [6, 6.07) is 11.8. The van der Waals surface area contributed by atoms with Gasteiger partial charge < -0.3 is 19.3 Å². The van der Waals surface area contributed by atoms with Crippen molar-refractivity contribution in [1.82, 2.24) is 24.8 Å². The molecule has 13 heteroatoms. The number of carbonyl (C=O) groups is 1. The summed E-state index contributed by atoms with van der Waals surface area (Å²) in [6.45, 7) is 13.3. The molecule has 4 aromatic rings. The first-order valence-corrected chi connectivity index (χ1v) is 19.0. The van der Waals surface area contributed by atoms with Crippen LogP contribution >= 0.6 is 0 Å². The molecule has 51 heavy (non-hydrogen) atoms. The molecule has 1 saturated carbocycles. The maximum Gasteiger partial charge on any atom is 0.264 e. The van der Waals surface area contributed by atoms with E-state index in [1.807, 2.05) is 19.9 Å². The molecule has 4 bridgehead atoms. The molecule has 0 radical (unpaired) electrons. The first-order chi connectivity index (χ1) is 24.4.